The van der Waals surface area contributed by atoms with Gasteiger partial charge in [0.1, 0.15) is 0 Å². The molecule has 180 valence electrons. The molecular weight excluding hydrogens is 436 g/mol. The molecule has 2 heterocycles. The molecule has 0 saturated heterocycles. The van der Waals surface area contributed by atoms with Gasteiger partial charge in [-0.1, -0.05) is 65.7 Å². The van der Waals surface area contributed by atoms with Crippen molar-refractivity contribution in [3.8, 4) is 11.4 Å². The largest absolute Gasteiger partial charge is 0.314 e. The number of para-hydroxylation sites is 2. The molecule has 0 bridgehead atoms. The Morgan fingerprint density at radius 2 is 0.917 bits per heavy atom. The third-order valence-electron chi connectivity index (χ3n) is 7.41. The fourth-order valence-electron chi connectivity index (χ4n) is 5.15. The zero-order valence-corrected chi connectivity index (χ0v) is 22.1. The predicted octanol–water partition coefficient (Wildman–Crippen LogP) is 9.11. The highest BCUT2D eigenvalue weighted by Crippen LogP contribution is 2.30. The van der Waals surface area contributed by atoms with Crippen LogP contribution < -0.4 is 0 Å². The fourth-order valence-corrected chi connectivity index (χ4v) is 5.15. The van der Waals surface area contributed by atoms with Crippen LogP contribution in [-0.4, -0.2) is 9.13 Å². The second kappa shape index (κ2) is 9.54. The first-order valence-corrected chi connectivity index (χ1v) is 12.6. The molecule has 0 N–H and O–H groups in total. The first-order valence-electron chi connectivity index (χ1n) is 12.6. The second-order valence-corrected chi connectivity index (χ2v) is 9.80. The molecule has 0 aliphatic rings. The SMILES string of the molecule is Cc1ccc(-n2c(C)c(C)c3ccccc32)cc1.Cc1ccc2c(c1)c(C)c(C)n2-c1ccccc1. The summed E-state index contributed by atoms with van der Waals surface area (Å²) >= 11 is 0. The van der Waals surface area contributed by atoms with Gasteiger partial charge in [0.15, 0.2) is 0 Å². The van der Waals surface area contributed by atoms with Crippen LogP contribution in [0.2, 0.25) is 0 Å². The molecule has 6 rings (SSSR count). The zero-order chi connectivity index (χ0) is 25.4. The quantitative estimate of drug-likeness (QED) is 0.239. The smallest absolute Gasteiger partial charge is 0.0534 e. The third-order valence-corrected chi connectivity index (χ3v) is 7.41. The monoisotopic (exact) mass is 470 g/mol. The highest BCUT2D eigenvalue weighted by atomic mass is 15.0. The summed E-state index contributed by atoms with van der Waals surface area (Å²) in [4.78, 5) is 0. The minimum absolute atomic E-state index is 1.23. The lowest BCUT2D eigenvalue weighted by molar-refractivity contribution is 1.04. The van der Waals surface area contributed by atoms with Gasteiger partial charge in [-0.3, -0.25) is 0 Å². The standard InChI is InChI=1S/2C17H17N/c1-12-8-10-15(11-9-12)18-14(3)13(2)16-6-4-5-7-17(16)18;1-12-9-10-17-16(11-12)13(2)14(3)18(17)15-7-5-4-6-8-15/h2*4-11H,1-3H3. The summed E-state index contributed by atoms with van der Waals surface area (Å²) < 4.78 is 4.67. The molecule has 0 fully saturated rings. The van der Waals surface area contributed by atoms with Gasteiger partial charge in [-0.2, -0.15) is 0 Å². The van der Waals surface area contributed by atoms with Gasteiger partial charge in [0.25, 0.3) is 0 Å². The van der Waals surface area contributed by atoms with Gasteiger partial charge in [-0.25, -0.2) is 0 Å². The van der Waals surface area contributed by atoms with E-state index in [2.05, 4.69) is 148 Å². The van der Waals surface area contributed by atoms with Crippen LogP contribution in [0.25, 0.3) is 33.2 Å². The molecule has 0 atom stereocenters. The van der Waals surface area contributed by atoms with E-state index in [4.69, 9.17) is 0 Å². The molecule has 2 aromatic heterocycles. The Morgan fingerprint density at radius 3 is 1.58 bits per heavy atom. The van der Waals surface area contributed by atoms with Crippen molar-refractivity contribution in [2.24, 2.45) is 0 Å². The summed E-state index contributed by atoms with van der Waals surface area (Å²) in [6, 6.07) is 34.5. The van der Waals surface area contributed by atoms with Crippen molar-refractivity contribution >= 4 is 21.8 Å². The molecule has 0 spiro atoms. The van der Waals surface area contributed by atoms with E-state index in [1.165, 1.54) is 66.8 Å². The van der Waals surface area contributed by atoms with Crippen LogP contribution in [0.4, 0.5) is 0 Å². The van der Waals surface area contributed by atoms with E-state index in [1.807, 2.05) is 0 Å². The Kier molecular flexibility index (Phi) is 6.28. The molecule has 4 aromatic carbocycles. The maximum atomic E-state index is 2.34. The lowest BCUT2D eigenvalue weighted by Gasteiger charge is -2.08. The van der Waals surface area contributed by atoms with E-state index >= 15 is 0 Å². The number of nitrogens with zero attached hydrogens (tertiary/aromatic N) is 2. The zero-order valence-electron chi connectivity index (χ0n) is 22.1. The third kappa shape index (κ3) is 4.13. The molecule has 2 nitrogen and oxygen atoms in total. The van der Waals surface area contributed by atoms with Crippen LogP contribution in [0.3, 0.4) is 0 Å². The number of aromatic nitrogens is 2. The first kappa shape index (κ1) is 23.7. The molecular formula is C34H34N2. The molecule has 0 saturated carbocycles. The number of hydrogen-bond acceptors (Lipinski definition) is 0. The van der Waals surface area contributed by atoms with Crippen LogP contribution in [0.15, 0.2) is 97.1 Å². The van der Waals surface area contributed by atoms with Crippen molar-refractivity contribution in [3.63, 3.8) is 0 Å². The van der Waals surface area contributed by atoms with Crippen LogP contribution in [0, 0.1) is 41.5 Å². The van der Waals surface area contributed by atoms with E-state index < -0.39 is 0 Å². The summed E-state index contributed by atoms with van der Waals surface area (Å²) in [5.74, 6) is 0. The van der Waals surface area contributed by atoms with Crippen LogP contribution >= 0.6 is 0 Å². The van der Waals surface area contributed by atoms with Gasteiger partial charge in [0.2, 0.25) is 0 Å². The lowest BCUT2D eigenvalue weighted by Crippen LogP contribution is -1.96. The first-order chi connectivity index (χ1) is 17.4. The normalized spacial score (nSPS) is 11.1. The van der Waals surface area contributed by atoms with Crippen molar-refractivity contribution < 1.29 is 0 Å². The predicted molar refractivity (Wildman–Crippen MR) is 155 cm³/mol. The van der Waals surface area contributed by atoms with Crippen LogP contribution in [0.5, 0.6) is 0 Å². The second-order valence-electron chi connectivity index (χ2n) is 9.80. The highest BCUT2D eigenvalue weighted by Gasteiger charge is 2.12. The molecule has 2 heteroatoms. The molecule has 0 unspecified atom stereocenters. The molecule has 0 aliphatic carbocycles. The summed E-state index contributed by atoms with van der Waals surface area (Å²) in [5, 5.41) is 2.70. The van der Waals surface area contributed by atoms with Crippen molar-refractivity contribution in [3.05, 3.63) is 131 Å². The van der Waals surface area contributed by atoms with Crippen LogP contribution in [-0.2, 0) is 0 Å². The minimum atomic E-state index is 1.23. The highest BCUT2D eigenvalue weighted by molar-refractivity contribution is 5.88. The fraction of sp³-hybridized carbons (Fsp3) is 0.176. The van der Waals surface area contributed by atoms with Crippen molar-refractivity contribution in [2.45, 2.75) is 41.5 Å². The summed E-state index contributed by atoms with van der Waals surface area (Å²) in [6.45, 7) is 13.1. The van der Waals surface area contributed by atoms with E-state index in [9.17, 15) is 0 Å². The number of rotatable bonds is 2. The van der Waals surface area contributed by atoms with E-state index in [0.29, 0.717) is 0 Å². The summed E-state index contributed by atoms with van der Waals surface area (Å²) in [5.41, 5.74) is 13.0. The maximum Gasteiger partial charge on any atom is 0.0534 e. The van der Waals surface area contributed by atoms with Crippen LogP contribution in [0.1, 0.15) is 33.6 Å². The topological polar surface area (TPSA) is 9.86 Å². The Hall–Kier alpha value is -4.04. The Balaban J connectivity index is 0.000000148. The van der Waals surface area contributed by atoms with Gasteiger partial charge in [-0.15, -0.1) is 0 Å². The van der Waals surface area contributed by atoms with Gasteiger partial charge in [-0.05, 0) is 95.1 Å². The Labute approximate surface area is 214 Å². The van der Waals surface area contributed by atoms with Gasteiger partial charge in [0.05, 0.1) is 11.0 Å². The van der Waals surface area contributed by atoms with Crippen molar-refractivity contribution in [1.29, 1.82) is 0 Å². The maximum absolute atomic E-state index is 2.34. The van der Waals surface area contributed by atoms with Crippen molar-refractivity contribution in [2.75, 3.05) is 0 Å². The number of hydrogen-bond donors (Lipinski definition) is 0. The number of fused-ring (bicyclic) bond motifs is 2. The molecule has 36 heavy (non-hydrogen) atoms. The average molecular weight is 471 g/mol. The van der Waals surface area contributed by atoms with E-state index in [-0.39, 0.29) is 0 Å². The minimum Gasteiger partial charge on any atom is -0.314 e. The van der Waals surface area contributed by atoms with E-state index in [0.717, 1.165) is 0 Å². The lowest BCUT2D eigenvalue weighted by atomic mass is 10.1. The molecule has 6 aromatic rings. The Bertz CT molecular complexity index is 1660. The number of aryl methyl sites for hydroxylation is 4. The van der Waals surface area contributed by atoms with Gasteiger partial charge < -0.3 is 9.13 Å². The molecule has 0 amide bonds. The molecule has 0 aliphatic heterocycles. The Morgan fingerprint density at radius 1 is 0.417 bits per heavy atom. The number of benzene rings is 4. The summed E-state index contributed by atoms with van der Waals surface area (Å²) in [7, 11) is 0. The van der Waals surface area contributed by atoms with E-state index in [1.54, 1.807) is 0 Å². The van der Waals surface area contributed by atoms with Gasteiger partial charge >= 0.3 is 0 Å². The molecule has 0 radical (unpaired) electrons. The van der Waals surface area contributed by atoms with Crippen molar-refractivity contribution in [1.82, 2.24) is 9.13 Å². The van der Waals surface area contributed by atoms with Gasteiger partial charge in [0, 0.05) is 33.5 Å². The summed E-state index contributed by atoms with van der Waals surface area (Å²) in [6.07, 6.45) is 0. The average Bonchev–Trinajstić information content (AvgIpc) is 3.30.